The van der Waals surface area contributed by atoms with Crippen molar-refractivity contribution < 1.29 is 9.53 Å². The van der Waals surface area contributed by atoms with Crippen molar-refractivity contribution in [3.8, 4) is 6.01 Å². The summed E-state index contributed by atoms with van der Waals surface area (Å²) >= 11 is 0. The van der Waals surface area contributed by atoms with Gasteiger partial charge in [-0.1, -0.05) is 24.8 Å². The van der Waals surface area contributed by atoms with Crippen molar-refractivity contribution in [3.63, 3.8) is 0 Å². The highest BCUT2D eigenvalue weighted by Gasteiger charge is 2.35. The molecule has 3 aliphatic rings. The van der Waals surface area contributed by atoms with Gasteiger partial charge in [0.2, 0.25) is 12.5 Å². The van der Waals surface area contributed by atoms with E-state index >= 15 is 0 Å². The first-order valence-corrected chi connectivity index (χ1v) is 13.9. The van der Waals surface area contributed by atoms with Gasteiger partial charge in [0, 0.05) is 50.9 Å². The highest BCUT2D eigenvalue weighted by Crippen LogP contribution is 2.34. The van der Waals surface area contributed by atoms with Crippen LogP contribution in [0.2, 0.25) is 0 Å². The molecule has 1 aromatic heterocycles. The zero-order chi connectivity index (χ0) is 27.5. The van der Waals surface area contributed by atoms with Gasteiger partial charge in [0.1, 0.15) is 18.5 Å². The van der Waals surface area contributed by atoms with E-state index in [-0.39, 0.29) is 18.5 Å². The average molecular weight is 530 g/mol. The fraction of sp³-hybridized carbons (Fsp3) is 0.533. The molecule has 2 aromatic rings. The Morgan fingerprint density at radius 3 is 2.79 bits per heavy atom. The summed E-state index contributed by atoms with van der Waals surface area (Å²) in [6, 6.07) is 7.07. The minimum Gasteiger partial charge on any atom is -0.462 e. The Labute approximate surface area is 231 Å². The van der Waals surface area contributed by atoms with Crippen molar-refractivity contribution in [2.75, 3.05) is 51.3 Å². The first-order valence-electron chi connectivity index (χ1n) is 13.9. The number of amides is 1. The first-order chi connectivity index (χ1) is 18.9. The van der Waals surface area contributed by atoms with Crippen LogP contribution in [0.3, 0.4) is 0 Å². The number of hydrogen-bond donors (Lipinski definition) is 0. The molecular weight excluding hydrogens is 490 g/mol. The number of likely N-dealkylation sites (tertiary alicyclic amines) is 1. The second kappa shape index (κ2) is 11.7. The standard InChI is InChI=1S/C30H39N7O2/c1-6-28(38)37-14-13-36(17-25(37)15-31-4)29-26-18-35(16-23-10-7-9-21(2)22(23)3)19-27(26)32-30(33-29)39-20-24-11-8-12-34(24)5/h6-7,9-10,24-25H,1,8,11-20H2,2-3,5H3/t24-,25-/m0/s1. The number of likely N-dealkylation sites (N-methyl/N-ethyl adjacent to an activating group) is 1. The quantitative estimate of drug-likeness (QED) is 0.384. The second-order valence-corrected chi connectivity index (χ2v) is 11.0. The molecule has 1 amide bonds. The van der Waals surface area contributed by atoms with Crippen molar-refractivity contribution in [2.45, 2.75) is 58.4 Å². The van der Waals surface area contributed by atoms with Crippen molar-refractivity contribution >= 4 is 11.7 Å². The van der Waals surface area contributed by atoms with E-state index in [9.17, 15) is 4.79 Å². The third-order valence-electron chi connectivity index (χ3n) is 8.53. The minimum absolute atomic E-state index is 0.124. The van der Waals surface area contributed by atoms with Crippen LogP contribution in [0.1, 0.15) is 40.8 Å². The van der Waals surface area contributed by atoms with E-state index in [2.05, 4.69) is 65.2 Å². The summed E-state index contributed by atoms with van der Waals surface area (Å²) in [5.41, 5.74) is 6.08. The molecule has 39 heavy (non-hydrogen) atoms. The number of piperazine rings is 1. The van der Waals surface area contributed by atoms with Gasteiger partial charge < -0.3 is 24.3 Å². The maximum Gasteiger partial charge on any atom is 0.318 e. The average Bonchev–Trinajstić information content (AvgIpc) is 3.54. The number of carbonyl (C=O) groups is 1. The number of benzene rings is 1. The van der Waals surface area contributed by atoms with Crippen LogP contribution in [0.5, 0.6) is 6.01 Å². The largest absolute Gasteiger partial charge is 0.462 e. The number of carbonyl (C=O) groups excluding carboxylic acids is 1. The van der Waals surface area contributed by atoms with Crippen LogP contribution in [0.25, 0.3) is 4.85 Å². The number of aryl methyl sites for hydroxylation is 1. The van der Waals surface area contributed by atoms with Crippen molar-refractivity contribution in [3.05, 3.63) is 70.2 Å². The fourth-order valence-corrected chi connectivity index (χ4v) is 6.02. The molecule has 206 valence electrons. The Morgan fingerprint density at radius 2 is 2.05 bits per heavy atom. The first kappa shape index (κ1) is 27.1. The lowest BCUT2D eigenvalue weighted by molar-refractivity contribution is -0.128. The second-order valence-electron chi connectivity index (χ2n) is 11.0. The monoisotopic (exact) mass is 529 g/mol. The Balaban J connectivity index is 1.41. The molecule has 2 saturated heterocycles. The molecule has 9 heteroatoms. The molecule has 2 fully saturated rings. The normalized spacial score (nSPS) is 21.6. The number of ether oxygens (including phenoxy) is 1. The highest BCUT2D eigenvalue weighted by atomic mass is 16.5. The zero-order valence-electron chi connectivity index (χ0n) is 23.4. The molecule has 9 nitrogen and oxygen atoms in total. The molecule has 0 saturated carbocycles. The van der Waals surface area contributed by atoms with Crippen LogP contribution in [-0.2, 0) is 24.4 Å². The summed E-state index contributed by atoms with van der Waals surface area (Å²) in [5.74, 6) is 0.750. The van der Waals surface area contributed by atoms with E-state index in [1.807, 2.05) is 0 Å². The summed E-state index contributed by atoms with van der Waals surface area (Å²) in [6.07, 6.45) is 3.64. The van der Waals surface area contributed by atoms with E-state index in [4.69, 9.17) is 21.3 Å². The van der Waals surface area contributed by atoms with Gasteiger partial charge in [-0.05, 0) is 63.0 Å². The summed E-state index contributed by atoms with van der Waals surface area (Å²) in [7, 11) is 2.14. The molecule has 5 rings (SSSR count). The van der Waals surface area contributed by atoms with E-state index in [0.29, 0.717) is 38.3 Å². The third-order valence-corrected chi connectivity index (χ3v) is 8.53. The third kappa shape index (κ3) is 5.77. The fourth-order valence-electron chi connectivity index (χ4n) is 6.02. The summed E-state index contributed by atoms with van der Waals surface area (Å²) in [5, 5.41) is 0. The van der Waals surface area contributed by atoms with Gasteiger partial charge in [0.05, 0.1) is 5.69 Å². The molecule has 4 heterocycles. The van der Waals surface area contributed by atoms with E-state index in [1.54, 1.807) is 4.90 Å². The predicted molar refractivity (Wildman–Crippen MR) is 151 cm³/mol. The number of rotatable bonds is 8. The van der Waals surface area contributed by atoms with Gasteiger partial charge in [0.25, 0.3) is 0 Å². The Morgan fingerprint density at radius 1 is 1.21 bits per heavy atom. The lowest BCUT2D eigenvalue weighted by atomic mass is 10.0. The molecule has 0 spiro atoms. The van der Waals surface area contributed by atoms with Crippen LogP contribution in [0.4, 0.5) is 5.82 Å². The van der Waals surface area contributed by atoms with E-state index in [0.717, 1.165) is 49.7 Å². The van der Waals surface area contributed by atoms with E-state index in [1.165, 1.54) is 29.2 Å². The van der Waals surface area contributed by atoms with Crippen molar-refractivity contribution in [1.29, 1.82) is 0 Å². The van der Waals surface area contributed by atoms with Crippen LogP contribution in [0, 0.1) is 20.4 Å². The molecule has 2 atom stereocenters. The molecule has 0 N–H and O–H groups in total. The Hall–Kier alpha value is -3.48. The van der Waals surface area contributed by atoms with E-state index < -0.39 is 0 Å². The summed E-state index contributed by atoms with van der Waals surface area (Å²) < 4.78 is 6.22. The van der Waals surface area contributed by atoms with Crippen LogP contribution >= 0.6 is 0 Å². The van der Waals surface area contributed by atoms with Gasteiger partial charge in [-0.25, -0.2) is 6.57 Å². The maximum absolute atomic E-state index is 12.5. The number of nitrogens with zero attached hydrogens (tertiary/aromatic N) is 7. The SMILES string of the molecule is [C-]#[N+]C[C@H]1CN(c2nc(OC[C@@H]3CCCN3C)nc3c2CN(Cc2cccc(C)c2C)C3)CCN1C(=O)C=C. The molecule has 3 aliphatic heterocycles. The minimum atomic E-state index is -0.212. The molecule has 1 aromatic carbocycles. The van der Waals surface area contributed by atoms with Crippen LogP contribution < -0.4 is 9.64 Å². The maximum atomic E-state index is 12.5. The lowest BCUT2D eigenvalue weighted by Crippen LogP contribution is -2.56. The molecular formula is C30H39N7O2. The summed E-state index contributed by atoms with van der Waals surface area (Å²) in [6.45, 7) is 21.4. The van der Waals surface area contributed by atoms with Crippen LogP contribution in [0.15, 0.2) is 30.9 Å². The van der Waals surface area contributed by atoms with Gasteiger partial charge in [0.15, 0.2) is 0 Å². The highest BCUT2D eigenvalue weighted by molar-refractivity contribution is 5.87. The number of hydrogen-bond acceptors (Lipinski definition) is 7. The Bertz CT molecular complexity index is 1270. The van der Waals surface area contributed by atoms with Gasteiger partial charge in [-0.15, -0.1) is 0 Å². The molecule has 0 unspecified atom stereocenters. The zero-order valence-corrected chi connectivity index (χ0v) is 23.4. The topological polar surface area (TPSA) is 69.4 Å². The molecule has 0 aliphatic carbocycles. The van der Waals surface area contributed by atoms with Crippen LogP contribution in [-0.4, -0.2) is 89.0 Å². The van der Waals surface area contributed by atoms with Crippen molar-refractivity contribution in [2.24, 2.45) is 0 Å². The molecule has 0 bridgehead atoms. The number of anilines is 1. The smallest absolute Gasteiger partial charge is 0.318 e. The van der Waals surface area contributed by atoms with Gasteiger partial charge in [-0.3, -0.25) is 9.69 Å². The van der Waals surface area contributed by atoms with Gasteiger partial charge in [-0.2, -0.15) is 9.97 Å². The Kier molecular flexibility index (Phi) is 8.15. The molecule has 0 radical (unpaired) electrons. The van der Waals surface area contributed by atoms with Crippen molar-refractivity contribution in [1.82, 2.24) is 24.7 Å². The van der Waals surface area contributed by atoms with Gasteiger partial charge >= 0.3 is 6.01 Å². The summed E-state index contributed by atoms with van der Waals surface area (Å²) in [4.78, 5) is 34.7. The number of aromatic nitrogens is 2. The number of fused-ring (bicyclic) bond motifs is 1. The predicted octanol–water partition coefficient (Wildman–Crippen LogP) is 3.20. The lowest BCUT2D eigenvalue weighted by Gasteiger charge is -2.40.